The minimum absolute atomic E-state index is 0.247. The van der Waals surface area contributed by atoms with Crippen LogP contribution in [-0.4, -0.2) is 30.2 Å². The van der Waals surface area contributed by atoms with Crippen molar-refractivity contribution in [2.45, 2.75) is 161 Å². The number of carboxylic acid groups (broad SMARTS) is 2. The summed E-state index contributed by atoms with van der Waals surface area (Å²) in [6.45, 7) is 8.88. The summed E-state index contributed by atoms with van der Waals surface area (Å²) >= 11 is 0. The largest absolute Gasteiger partial charge is 0.481 e. The first kappa shape index (κ1) is 32.9. The zero-order valence-electron chi connectivity index (χ0n) is 23.1. The van der Waals surface area contributed by atoms with Crippen LogP contribution in [0.4, 0.5) is 0 Å². The van der Waals surface area contributed by atoms with E-state index < -0.39 is 20.0 Å². The molecule has 0 radical (unpaired) electrons. The smallest absolute Gasteiger partial charge is 0.331 e. The molecule has 0 amide bonds. The Morgan fingerprint density at radius 1 is 0.559 bits per heavy atom. The van der Waals surface area contributed by atoms with Crippen LogP contribution in [0.3, 0.4) is 0 Å². The number of rotatable bonds is 24. The van der Waals surface area contributed by atoms with Gasteiger partial charge in [-0.1, -0.05) is 147 Å². The van der Waals surface area contributed by atoms with Gasteiger partial charge in [-0.15, -0.1) is 0 Å². The van der Waals surface area contributed by atoms with Gasteiger partial charge in [0.2, 0.25) is 0 Å². The standard InChI is InChI=1S/C29H56O4Si/c1-5-9-13-17-21-27(26(29(32)33)25-28(30)31)34(22-18-14-10-6-2,23-19-15-11-7-3)24-20-16-12-8-4/h5-25H2,1-4H3,(H,30,31)(H,32,33). The summed E-state index contributed by atoms with van der Waals surface area (Å²) < 4.78 is 0. The molecule has 0 saturated heterocycles. The lowest BCUT2D eigenvalue weighted by atomic mass is 10.1. The molecule has 0 aromatic rings. The number of aliphatic carboxylic acids is 2. The predicted molar refractivity (Wildman–Crippen MR) is 148 cm³/mol. The van der Waals surface area contributed by atoms with Crippen LogP contribution >= 0.6 is 0 Å². The van der Waals surface area contributed by atoms with Gasteiger partial charge in [0.1, 0.15) is 0 Å². The van der Waals surface area contributed by atoms with Crippen molar-refractivity contribution in [1.82, 2.24) is 0 Å². The van der Waals surface area contributed by atoms with Gasteiger partial charge < -0.3 is 10.2 Å². The van der Waals surface area contributed by atoms with Crippen LogP contribution in [0.2, 0.25) is 18.1 Å². The quantitative estimate of drug-likeness (QED) is 0.0792. The van der Waals surface area contributed by atoms with Crippen molar-refractivity contribution in [2.75, 3.05) is 0 Å². The number of hydrogen-bond acceptors (Lipinski definition) is 2. The molecule has 0 aromatic carbocycles. The number of unbranched alkanes of at least 4 members (excludes halogenated alkanes) is 12. The van der Waals surface area contributed by atoms with Crippen molar-refractivity contribution in [3.05, 3.63) is 10.8 Å². The normalized spacial score (nSPS) is 12.6. The van der Waals surface area contributed by atoms with Gasteiger partial charge in [-0.2, -0.15) is 0 Å². The van der Waals surface area contributed by atoms with Crippen molar-refractivity contribution >= 4 is 20.0 Å². The van der Waals surface area contributed by atoms with Crippen molar-refractivity contribution in [2.24, 2.45) is 0 Å². The SMILES string of the molecule is CCCCCCC(=C(CC(=O)O)C(=O)O)[Si](CCCCCC)(CCCCCC)CCCCCC. The second-order valence-corrected chi connectivity index (χ2v) is 15.0. The Hall–Kier alpha value is -1.10. The van der Waals surface area contributed by atoms with E-state index in [0.29, 0.717) is 0 Å². The van der Waals surface area contributed by atoms with E-state index in [9.17, 15) is 19.8 Å². The highest BCUT2D eigenvalue weighted by Crippen LogP contribution is 2.40. The second-order valence-electron chi connectivity index (χ2n) is 10.4. The van der Waals surface area contributed by atoms with E-state index in [1.165, 1.54) is 77.0 Å². The summed E-state index contributed by atoms with van der Waals surface area (Å²) in [4.78, 5) is 24.2. The summed E-state index contributed by atoms with van der Waals surface area (Å²) in [5.74, 6) is -1.99. The Labute approximate surface area is 212 Å². The van der Waals surface area contributed by atoms with Gasteiger partial charge in [0.15, 0.2) is 0 Å². The van der Waals surface area contributed by atoms with E-state index >= 15 is 0 Å². The Morgan fingerprint density at radius 2 is 0.941 bits per heavy atom. The third-order valence-corrected chi connectivity index (χ3v) is 13.2. The lowest BCUT2D eigenvalue weighted by Crippen LogP contribution is -2.39. The number of allylic oxidation sites excluding steroid dienone is 1. The van der Waals surface area contributed by atoms with Crippen molar-refractivity contribution in [3.8, 4) is 0 Å². The minimum Gasteiger partial charge on any atom is -0.481 e. The predicted octanol–water partition coefficient (Wildman–Crippen LogP) is 9.54. The van der Waals surface area contributed by atoms with Gasteiger partial charge in [-0.05, 0) is 12.8 Å². The highest BCUT2D eigenvalue weighted by atomic mass is 28.3. The molecule has 0 atom stereocenters. The van der Waals surface area contributed by atoms with Gasteiger partial charge in [0, 0.05) is 5.57 Å². The van der Waals surface area contributed by atoms with Gasteiger partial charge in [0.25, 0.3) is 0 Å². The summed E-state index contributed by atoms with van der Waals surface area (Å²) in [6.07, 6.45) is 19.3. The molecule has 0 rings (SSSR count). The van der Waals surface area contributed by atoms with Crippen LogP contribution in [0.25, 0.3) is 0 Å². The first-order chi connectivity index (χ1) is 16.4. The molecule has 5 heteroatoms. The Morgan fingerprint density at radius 3 is 1.26 bits per heavy atom. The fourth-order valence-electron chi connectivity index (χ4n) is 5.43. The van der Waals surface area contributed by atoms with Crippen LogP contribution in [0.1, 0.15) is 143 Å². The average molecular weight is 497 g/mol. The molecule has 4 nitrogen and oxygen atoms in total. The molecular weight excluding hydrogens is 440 g/mol. The van der Waals surface area contributed by atoms with Gasteiger partial charge in [-0.25, -0.2) is 4.79 Å². The third-order valence-electron chi connectivity index (χ3n) is 7.40. The fraction of sp³-hybridized carbons (Fsp3) is 0.862. The van der Waals surface area contributed by atoms with Crippen LogP contribution in [0.15, 0.2) is 10.8 Å². The zero-order chi connectivity index (χ0) is 25.7. The molecule has 0 saturated carbocycles. The number of carboxylic acids is 2. The molecule has 34 heavy (non-hydrogen) atoms. The average Bonchev–Trinajstić information content (AvgIpc) is 2.80. The molecule has 0 aliphatic rings. The summed E-state index contributed by atoms with van der Waals surface area (Å²) in [6, 6.07) is 3.43. The number of hydrogen-bond donors (Lipinski definition) is 2. The first-order valence-electron chi connectivity index (χ1n) is 14.6. The van der Waals surface area contributed by atoms with E-state index in [0.717, 1.165) is 55.4 Å². The molecule has 0 aliphatic carbocycles. The number of carbonyl (C=O) groups is 2. The monoisotopic (exact) mass is 496 g/mol. The van der Waals surface area contributed by atoms with Crippen LogP contribution in [0.5, 0.6) is 0 Å². The van der Waals surface area contributed by atoms with Crippen molar-refractivity contribution < 1.29 is 19.8 Å². The Bertz CT molecular complexity index is 539. The zero-order valence-corrected chi connectivity index (χ0v) is 24.1. The highest BCUT2D eigenvalue weighted by molar-refractivity contribution is 6.87. The summed E-state index contributed by atoms with van der Waals surface area (Å²) in [5, 5.41) is 20.9. The van der Waals surface area contributed by atoms with Gasteiger partial charge in [-0.3, -0.25) is 4.79 Å². The van der Waals surface area contributed by atoms with E-state index in [1.807, 2.05) is 0 Å². The molecule has 200 valence electrons. The second kappa shape index (κ2) is 21.2. The fourth-order valence-corrected chi connectivity index (χ4v) is 11.4. The Balaban J connectivity index is 6.33. The van der Waals surface area contributed by atoms with E-state index in [4.69, 9.17) is 0 Å². The maximum Gasteiger partial charge on any atom is 0.331 e. The molecule has 0 aliphatic heterocycles. The van der Waals surface area contributed by atoms with E-state index in [2.05, 4.69) is 27.7 Å². The molecule has 0 spiro atoms. The van der Waals surface area contributed by atoms with Crippen molar-refractivity contribution in [1.29, 1.82) is 0 Å². The molecule has 0 bridgehead atoms. The summed E-state index contributed by atoms with van der Waals surface area (Å²) in [7, 11) is -2.09. The third kappa shape index (κ3) is 14.3. The molecule has 0 fully saturated rings. The molecule has 0 heterocycles. The lowest BCUT2D eigenvalue weighted by molar-refractivity contribution is -0.139. The van der Waals surface area contributed by atoms with Crippen LogP contribution < -0.4 is 0 Å². The molecule has 0 aromatic heterocycles. The minimum atomic E-state index is -2.09. The maximum absolute atomic E-state index is 12.4. The molecule has 0 unspecified atom stereocenters. The highest BCUT2D eigenvalue weighted by Gasteiger charge is 2.38. The van der Waals surface area contributed by atoms with E-state index in [-0.39, 0.29) is 12.0 Å². The molecular formula is C29H56O4Si. The van der Waals surface area contributed by atoms with Gasteiger partial charge in [0.05, 0.1) is 14.5 Å². The summed E-state index contributed by atoms with van der Waals surface area (Å²) in [5.41, 5.74) is 0.247. The van der Waals surface area contributed by atoms with Crippen molar-refractivity contribution in [3.63, 3.8) is 0 Å². The lowest BCUT2D eigenvalue weighted by Gasteiger charge is -2.37. The van der Waals surface area contributed by atoms with Crippen LogP contribution in [-0.2, 0) is 9.59 Å². The van der Waals surface area contributed by atoms with E-state index in [1.54, 1.807) is 0 Å². The Kier molecular flexibility index (Phi) is 20.5. The topological polar surface area (TPSA) is 74.6 Å². The maximum atomic E-state index is 12.4. The first-order valence-corrected chi connectivity index (χ1v) is 17.2. The van der Waals surface area contributed by atoms with Gasteiger partial charge >= 0.3 is 11.9 Å². The molecule has 2 N–H and O–H groups in total. The van der Waals surface area contributed by atoms with Crippen LogP contribution in [0, 0.1) is 0 Å².